The summed E-state index contributed by atoms with van der Waals surface area (Å²) in [5.74, 6) is -0.335. The highest BCUT2D eigenvalue weighted by Gasteiger charge is 2.31. The SMILES string of the molecule is COC1CCN(Cc2nc(C)c(CC(=O)O)c(N3CCC(C)(C)CC3)c2-c2ccc(OCCc3ccc(F)cc3)cc2)CC1. The maximum Gasteiger partial charge on any atom is 0.307 e. The van der Waals surface area contributed by atoms with Gasteiger partial charge in [-0.3, -0.25) is 14.7 Å². The third kappa shape index (κ3) is 7.96. The van der Waals surface area contributed by atoms with Crippen molar-refractivity contribution in [2.45, 2.75) is 71.9 Å². The normalized spacial score (nSPS) is 17.5. The van der Waals surface area contributed by atoms with Crippen LogP contribution in [0.2, 0.25) is 0 Å². The van der Waals surface area contributed by atoms with Crippen molar-refractivity contribution in [3.8, 4) is 16.9 Å². The third-order valence-electron chi connectivity index (χ3n) is 9.27. The maximum atomic E-state index is 13.3. The van der Waals surface area contributed by atoms with Crippen molar-refractivity contribution in [2.75, 3.05) is 44.8 Å². The first kappa shape index (κ1) is 31.9. The van der Waals surface area contributed by atoms with E-state index in [0.29, 0.717) is 25.7 Å². The number of nitrogens with zero attached hydrogens (tertiary/aromatic N) is 3. The average Bonchev–Trinajstić information content (AvgIpc) is 3.00. The van der Waals surface area contributed by atoms with Crippen LogP contribution in [0.15, 0.2) is 48.5 Å². The van der Waals surface area contributed by atoms with Crippen molar-refractivity contribution in [3.05, 3.63) is 76.9 Å². The van der Waals surface area contributed by atoms with E-state index in [1.54, 1.807) is 19.2 Å². The number of carboxylic acid groups (broad SMARTS) is 1. The van der Waals surface area contributed by atoms with E-state index in [0.717, 1.165) is 96.9 Å². The molecule has 3 aromatic rings. The number of ether oxygens (including phenoxy) is 2. The smallest absolute Gasteiger partial charge is 0.307 e. The van der Waals surface area contributed by atoms with E-state index in [2.05, 4.69) is 35.8 Å². The Labute approximate surface area is 261 Å². The quantitative estimate of drug-likeness (QED) is 0.262. The van der Waals surface area contributed by atoms with Crippen LogP contribution < -0.4 is 9.64 Å². The van der Waals surface area contributed by atoms with Crippen LogP contribution in [0.1, 0.15) is 62.0 Å². The number of carboxylic acids is 1. The molecule has 2 fully saturated rings. The van der Waals surface area contributed by atoms with Crippen molar-refractivity contribution in [1.82, 2.24) is 9.88 Å². The summed E-state index contributed by atoms with van der Waals surface area (Å²) in [4.78, 5) is 22.1. The maximum absolute atomic E-state index is 13.3. The van der Waals surface area contributed by atoms with E-state index in [1.165, 1.54) is 12.1 Å². The van der Waals surface area contributed by atoms with Gasteiger partial charge in [-0.1, -0.05) is 38.1 Å². The molecule has 0 aliphatic carbocycles. The van der Waals surface area contributed by atoms with Crippen molar-refractivity contribution in [1.29, 1.82) is 0 Å². The number of aryl methyl sites for hydroxylation is 1. The van der Waals surface area contributed by atoms with E-state index >= 15 is 0 Å². The Morgan fingerprint density at radius 2 is 1.68 bits per heavy atom. The molecule has 2 aliphatic rings. The van der Waals surface area contributed by atoms with Gasteiger partial charge in [-0.15, -0.1) is 0 Å². The van der Waals surface area contributed by atoms with Gasteiger partial charge in [0.2, 0.25) is 0 Å². The lowest BCUT2D eigenvalue weighted by Gasteiger charge is -2.40. The predicted molar refractivity (Wildman–Crippen MR) is 172 cm³/mol. The number of pyridine rings is 1. The number of halogens is 1. The van der Waals surface area contributed by atoms with Gasteiger partial charge in [-0.05, 0) is 73.4 Å². The summed E-state index contributed by atoms with van der Waals surface area (Å²) in [5.41, 5.74) is 6.91. The van der Waals surface area contributed by atoms with Crippen LogP contribution in [-0.4, -0.2) is 67.0 Å². The molecular weight excluding hydrogens is 557 g/mol. The highest BCUT2D eigenvalue weighted by molar-refractivity contribution is 5.86. The first-order valence-corrected chi connectivity index (χ1v) is 15.8. The molecular formula is C36H46FN3O4. The van der Waals surface area contributed by atoms with Gasteiger partial charge in [-0.2, -0.15) is 0 Å². The molecule has 7 nitrogen and oxygen atoms in total. The highest BCUT2D eigenvalue weighted by atomic mass is 19.1. The number of methoxy groups -OCH3 is 1. The van der Waals surface area contributed by atoms with Crippen molar-refractivity contribution >= 4 is 11.7 Å². The molecule has 236 valence electrons. The first-order valence-electron chi connectivity index (χ1n) is 15.8. The second-order valence-corrected chi connectivity index (χ2v) is 13.0. The molecule has 8 heteroatoms. The van der Waals surface area contributed by atoms with E-state index in [1.807, 2.05) is 19.1 Å². The van der Waals surface area contributed by atoms with Gasteiger partial charge in [0.25, 0.3) is 0 Å². The molecule has 2 aliphatic heterocycles. The lowest BCUT2D eigenvalue weighted by molar-refractivity contribution is -0.136. The number of anilines is 1. The zero-order valence-corrected chi connectivity index (χ0v) is 26.6. The number of carbonyl (C=O) groups is 1. The minimum Gasteiger partial charge on any atom is -0.493 e. The second kappa shape index (κ2) is 14.1. The van der Waals surface area contributed by atoms with Crippen LogP contribution in [0.5, 0.6) is 5.75 Å². The van der Waals surface area contributed by atoms with Gasteiger partial charge >= 0.3 is 5.97 Å². The third-order valence-corrected chi connectivity index (χ3v) is 9.27. The standard InChI is InChI=1S/C36H46FN3O4/c1-25-31(23-33(41)42)35(40-20-16-36(2,3)17-21-40)34(32(38-25)24-39-18-13-29(43-4)14-19-39)27-7-11-30(12-8-27)44-22-15-26-5-9-28(37)10-6-26/h5-12,29H,13-24H2,1-4H3,(H,41,42). The number of rotatable bonds is 11. The monoisotopic (exact) mass is 603 g/mol. The zero-order valence-electron chi connectivity index (χ0n) is 26.6. The van der Waals surface area contributed by atoms with Crippen LogP contribution in [0.4, 0.5) is 10.1 Å². The van der Waals surface area contributed by atoms with Gasteiger partial charge in [0.05, 0.1) is 30.5 Å². The Bertz CT molecular complexity index is 1410. The van der Waals surface area contributed by atoms with Crippen LogP contribution >= 0.6 is 0 Å². The molecule has 0 atom stereocenters. The number of hydrogen-bond acceptors (Lipinski definition) is 6. The molecule has 5 rings (SSSR count). The first-order chi connectivity index (χ1) is 21.1. The van der Waals surface area contributed by atoms with Crippen molar-refractivity contribution in [2.24, 2.45) is 5.41 Å². The molecule has 0 saturated carbocycles. The lowest BCUT2D eigenvalue weighted by atomic mass is 9.82. The molecule has 3 heterocycles. The lowest BCUT2D eigenvalue weighted by Crippen LogP contribution is -2.39. The van der Waals surface area contributed by atoms with Gasteiger partial charge in [0, 0.05) is 63.1 Å². The Kier molecular flexibility index (Phi) is 10.2. The summed E-state index contributed by atoms with van der Waals surface area (Å²) in [6, 6.07) is 14.6. The van der Waals surface area contributed by atoms with E-state index in [-0.39, 0.29) is 17.7 Å². The molecule has 1 N–H and O–H groups in total. The fourth-order valence-electron chi connectivity index (χ4n) is 6.42. The topological polar surface area (TPSA) is 75.1 Å². The molecule has 0 spiro atoms. The summed E-state index contributed by atoms with van der Waals surface area (Å²) in [7, 11) is 1.78. The van der Waals surface area contributed by atoms with Gasteiger partial charge < -0.3 is 19.5 Å². The average molecular weight is 604 g/mol. The molecule has 2 aromatic carbocycles. The minimum atomic E-state index is -0.848. The Balaban J connectivity index is 1.48. The molecule has 0 unspecified atom stereocenters. The fourth-order valence-corrected chi connectivity index (χ4v) is 6.42. The van der Waals surface area contributed by atoms with Crippen LogP contribution in [0.25, 0.3) is 11.1 Å². The van der Waals surface area contributed by atoms with Crippen LogP contribution in [0.3, 0.4) is 0 Å². The molecule has 1 aromatic heterocycles. The fraction of sp³-hybridized carbons (Fsp3) is 0.500. The van der Waals surface area contributed by atoms with Gasteiger partial charge in [0.1, 0.15) is 11.6 Å². The number of piperidine rings is 2. The van der Waals surface area contributed by atoms with Crippen molar-refractivity contribution < 1.29 is 23.8 Å². The van der Waals surface area contributed by atoms with Crippen LogP contribution in [0, 0.1) is 18.2 Å². The summed E-state index contributed by atoms with van der Waals surface area (Å²) in [6.45, 7) is 11.4. The number of likely N-dealkylation sites (tertiary alicyclic amines) is 1. The Hall–Kier alpha value is -3.49. The summed E-state index contributed by atoms with van der Waals surface area (Å²) in [6.07, 6.45) is 4.97. The van der Waals surface area contributed by atoms with E-state index < -0.39 is 5.97 Å². The molecule has 2 saturated heterocycles. The number of benzene rings is 2. The van der Waals surface area contributed by atoms with Crippen molar-refractivity contribution in [3.63, 3.8) is 0 Å². The van der Waals surface area contributed by atoms with Crippen LogP contribution in [-0.2, 0) is 28.9 Å². The molecule has 0 amide bonds. The Morgan fingerprint density at radius 3 is 2.30 bits per heavy atom. The molecule has 44 heavy (non-hydrogen) atoms. The summed E-state index contributed by atoms with van der Waals surface area (Å²) < 4.78 is 24.9. The predicted octanol–water partition coefficient (Wildman–Crippen LogP) is 6.68. The number of hydrogen-bond donors (Lipinski definition) is 1. The van der Waals surface area contributed by atoms with E-state index in [9.17, 15) is 14.3 Å². The molecule has 0 bridgehead atoms. The number of aromatic nitrogens is 1. The summed E-state index contributed by atoms with van der Waals surface area (Å²) in [5, 5.41) is 9.95. The zero-order chi connectivity index (χ0) is 31.3. The van der Waals surface area contributed by atoms with E-state index in [4.69, 9.17) is 14.5 Å². The molecule has 0 radical (unpaired) electrons. The minimum absolute atomic E-state index is 0.0643. The summed E-state index contributed by atoms with van der Waals surface area (Å²) >= 11 is 0. The largest absolute Gasteiger partial charge is 0.493 e. The van der Waals surface area contributed by atoms with Gasteiger partial charge in [0.15, 0.2) is 0 Å². The Morgan fingerprint density at radius 1 is 1.02 bits per heavy atom. The van der Waals surface area contributed by atoms with Gasteiger partial charge in [-0.25, -0.2) is 4.39 Å². The second-order valence-electron chi connectivity index (χ2n) is 13.0. The highest BCUT2D eigenvalue weighted by Crippen LogP contribution is 2.42. The number of aliphatic carboxylic acids is 1.